The molecule has 0 saturated carbocycles. The number of ether oxygens (including phenoxy) is 3. The summed E-state index contributed by atoms with van der Waals surface area (Å²) in [6.45, 7) is 3.19. The van der Waals surface area contributed by atoms with Crippen LogP contribution in [0.25, 0.3) is 6.08 Å². The summed E-state index contributed by atoms with van der Waals surface area (Å²) in [5, 5.41) is 0.0647. The van der Waals surface area contributed by atoms with Gasteiger partial charge in [-0.1, -0.05) is 29.8 Å². The minimum absolute atomic E-state index is 0.191. The Morgan fingerprint density at radius 3 is 2.64 bits per heavy atom. The number of hydrogen-bond acceptors (Lipinski definition) is 7. The van der Waals surface area contributed by atoms with E-state index in [0.29, 0.717) is 26.6 Å². The molecule has 33 heavy (non-hydrogen) atoms. The summed E-state index contributed by atoms with van der Waals surface area (Å²) >= 11 is 10.4. The smallest absolute Gasteiger partial charge is 0.326 e. The van der Waals surface area contributed by atoms with E-state index in [9.17, 15) is 14.4 Å². The molecule has 1 fully saturated rings. The van der Waals surface area contributed by atoms with Crippen LogP contribution in [0.1, 0.15) is 25.0 Å². The topological polar surface area (TPSA) is 82.1 Å². The van der Waals surface area contributed by atoms with Crippen LogP contribution in [0.5, 0.6) is 11.5 Å². The Balaban J connectivity index is 1.79. The minimum atomic E-state index is -0.641. The van der Waals surface area contributed by atoms with Gasteiger partial charge in [-0.25, -0.2) is 0 Å². The maximum Gasteiger partial charge on any atom is 0.326 e. The number of amides is 2. The van der Waals surface area contributed by atoms with Gasteiger partial charge in [0, 0.05) is 10.6 Å². The third kappa shape index (κ3) is 6.31. The molecule has 0 unspecified atom stereocenters. The first-order valence-corrected chi connectivity index (χ1v) is 11.9. The fraction of sp³-hybridized carbons (Fsp3) is 0.261. The largest absolute Gasteiger partial charge is 0.493 e. The molecule has 2 aromatic carbocycles. The van der Waals surface area contributed by atoms with Gasteiger partial charge in [0.15, 0.2) is 11.5 Å². The number of carbonyl (C=O) groups excluding carboxylic acids is 3. The van der Waals surface area contributed by atoms with E-state index in [-0.39, 0.29) is 17.6 Å². The predicted octanol–water partition coefficient (Wildman–Crippen LogP) is 5.68. The van der Waals surface area contributed by atoms with Crippen LogP contribution in [0.2, 0.25) is 5.02 Å². The molecule has 0 N–H and O–H groups in total. The zero-order chi connectivity index (χ0) is 24.1. The monoisotopic (exact) mass is 553 g/mol. The molecule has 2 amide bonds. The second kappa shape index (κ2) is 11.1. The van der Waals surface area contributed by atoms with Crippen molar-refractivity contribution >= 4 is 62.5 Å². The molecule has 0 atom stereocenters. The first-order chi connectivity index (χ1) is 15.7. The molecule has 0 spiro atoms. The maximum atomic E-state index is 12.7. The van der Waals surface area contributed by atoms with Crippen molar-refractivity contribution in [1.82, 2.24) is 4.90 Å². The van der Waals surface area contributed by atoms with Crippen molar-refractivity contribution in [2.24, 2.45) is 0 Å². The fourth-order valence-corrected chi connectivity index (χ4v) is 4.55. The molecule has 1 aliphatic rings. The highest BCUT2D eigenvalue weighted by molar-refractivity contribution is 9.10. The van der Waals surface area contributed by atoms with E-state index in [1.807, 2.05) is 18.2 Å². The van der Waals surface area contributed by atoms with Crippen molar-refractivity contribution in [2.75, 3.05) is 13.7 Å². The van der Waals surface area contributed by atoms with Gasteiger partial charge in [-0.05, 0) is 71.4 Å². The number of rotatable bonds is 8. The van der Waals surface area contributed by atoms with Crippen molar-refractivity contribution in [2.45, 2.75) is 26.6 Å². The molecule has 0 aliphatic carbocycles. The first-order valence-electron chi connectivity index (χ1n) is 9.88. The van der Waals surface area contributed by atoms with Crippen LogP contribution in [0, 0.1) is 0 Å². The Kier molecular flexibility index (Phi) is 8.45. The Hall–Kier alpha value is -2.49. The molecule has 1 aliphatic heterocycles. The number of imide groups is 1. The van der Waals surface area contributed by atoms with Crippen molar-refractivity contribution in [1.29, 1.82) is 0 Å². The zero-order valence-corrected chi connectivity index (χ0v) is 21.3. The van der Waals surface area contributed by atoms with Gasteiger partial charge in [0.25, 0.3) is 11.1 Å². The highest BCUT2D eigenvalue weighted by atomic mass is 79.9. The first kappa shape index (κ1) is 25.1. The van der Waals surface area contributed by atoms with Crippen LogP contribution in [-0.2, 0) is 20.9 Å². The van der Waals surface area contributed by atoms with Gasteiger partial charge in [-0.2, -0.15) is 0 Å². The molecule has 174 valence electrons. The lowest BCUT2D eigenvalue weighted by atomic mass is 10.1. The average molecular weight is 555 g/mol. The molecule has 0 radical (unpaired) electrons. The molecule has 1 heterocycles. The summed E-state index contributed by atoms with van der Waals surface area (Å²) < 4.78 is 17.0. The van der Waals surface area contributed by atoms with Gasteiger partial charge in [-0.15, -0.1) is 0 Å². The lowest BCUT2D eigenvalue weighted by Gasteiger charge is -2.14. The van der Waals surface area contributed by atoms with Crippen molar-refractivity contribution < 1.29 is 28.6 Å². The van der Waals surface area contributed by atoms with E-state index in [0.717, 1.165) is 22.2 Å². The van der Waals surface area contributed by atoms with Gasteiger partial charge in [0.2, 0.25) is 0 Å². The van der Waals surface area contributed by atoms with Crippen molar-refractivity contribution in [3.63, 3.8) is 0 Å². The lowest BCUT2D eigenvalue weighted by Crippen LogP contribution is -2.35. The number of hydrogen-bond donors (Lipinski definition) is 0. The Morgan fingerprint density at radius 1 is 1.24 bits per heavy atom. The second-order valence-electron chi connectivity index (χ2n) is 7.22. The van der Waals surface area contributed by atoms with Gasteiger partial charge in [0.1, 0.15) is 13.2 Å². The minimum Gasteiger partial charge on any atom is -0.493 e. The van der Waals surface area contributed by atoms with Crippen molar-refractivity contribution in [3.05, 3.63) is 61.9 Å². The quantitative estimate of drug-likeness (QED) is 0.307. The normalized spacial score (nSPS) is 14.8. The fourth-order valence-electron chi connectivity index (χ4n) is 2.95. The summed E-state index contributed by atoms with van der Waals surface area (Å²) in [7, 11) is 1.50. The van der Waals surface area contributed by atoms with E-state index in [1.165, 1.54) is 7.11 Å². The van der Waals surface area contributed by atoms with Gasteiger partial charge in [-0.3, -0.25) is 19.3 Å². The number of thioether (sulfide) groups is 1. The molecular weight excluding hydrogens is 534 g/mol. The van der Waals surface area contributed by atoms with Gasteiger partial charge < -0.3 is 14.2 Å². The molecule has 10 heteroatoms. The summed E-state index contributed by atoms with van der Waals surface area (Å²) in [5.74, 6) is -0.292. The molecule has 0 bridgehead atoms. The van der Waals surface area contributed by atoms with E-state index in [1.54, 1.807) is 38.1 Å². The number of nitrogens with zero attached hydrogens (tertiary/aromatic N) is 1. The van der Waals surface area contributed by atoms with Crippen molar-refractivity contribution in [3.8, 4) is 11.5 Å². The molecular formula is C23H21BrClNO6S. The molecule has 7 nitrogen and oxygen atoms in total. The maximum absolute atomic E-state index is 12.7. The Morgan fingerprint density at radius 2 is 1.97 bits per heavy atom. The number of methoxy groups -OCH3 is 1. The van der Waals surface area contributed by atoms with Crippen LogP contribution in [0.4, 0.5) is 4.79 Å². The standard InChI is InChI=1S/C23H21BrClNO6S/c1-13(2)32-20(27)11-26-22(28)19(33-23(26)29)10-14-8-16(24)21(18(9-14)30-3)31-12-15-6-4-5-7-17(15)25/h4-10,13H,11-12H2,1-3H3/b19-10-. The SMILES string of the molecule is COc1cc(/C=C2\SC(=O)N(CC(=O)OC(C)C)C2=O)cc(Br)c1OCc1ccccc1Cl. The summed E-state index contributed by atoms with van der Waals surface area (Å²) in [6.07, 6.45) is 1.22. The second-order valence-corrected chi connectivity index (χ2v) is 9.48. The molecule has 1 saturated heterocycles. The van der Waals surface area contributed by atoms with Crippen LogP contribution in [0.3, 0.4) is 0 Å². The van der Waals surface area contributed by atoms with Crippen LogP contribution in [0.15, 0.2) is 45.8 Å². The highest BCUT2D eigenvalue weighted by Gasteiger charge is 2.36. The number of carbonyl (C=O) groups is 3. The van der Waals surface area contributed by atoms with Crippen LogP contribution < -0.4 is 9.47 Å². The predicted molar refractivity (Wildman–Crippen MR) is 130 cm³/mol. The van der Waals surface area contributed by atoms with E-state index in [2.05, 4.69) is 15.9 Å². The number of benzene rings is 2. The third-order valence-corrected chi connectivity index (χ3v) is 6.27. The van der Waals surface area contributed by atoms with E-state index in [4.69, 9.17) is 25.8 Å². The molecule has 0 aromatic heterocycles. The summed E-state index contributed by atoms with van der Waals surface area (Å²) in [6, 6.07) is 10.8. The van der Waals surface area contributed by atoms with Gasteiger partial charge >= 0.3 is 5.97 Å². The molecule has 2 aromatic rings. The summed E-state index contributed by atoms with van der Waals surface area (Å²) in [4.78, 5) is 37.9. The number of halogens is 2. The third-order valence-electron chi connectivity index (χ3n) is 4.41. The lowest BCUT2D eigenvalue weighted by molar-refractivity contribution is -0.149. The van der Waals surface area contributed by atoms with E-state index < -0.39 is 23.7 Å². The molecule has 3 rings (SSSR count). The number of esters is 1. The zero-order valence-electron chi connectivity index (χ0n) is 18.1. The van der Waals surface area contributed by atoms with Crippen LogP contribution in [-0.4, -0.2) is 41.8 Å². The average Bonchev–Trinajstić information content (AvgIpc) is 3.00. The van der Waals surface area contributed by atoms with Crippen LogP contribution >= 0.6 is 39.3 Å². The van der Waals surface area contributed by atoms with Gasteiger partial charge in [0.05, 0.1) is 22.6 Å². The van der Waals surface area contributed by atoms with E-state index >= 15 is 0 Å². The summed E-state index contributed by atoms with van der Waals surface area (Å²) in [5.41, 5.74) is 1.43. The highest BCUT2D eigenvalue weighted by Crippen LogP contribution is 2.39. The Bertz CT molecular complexity index is 1120. The Labute approximate surface area is 209 Å².